The highest BCUT2D eigenvalue weighted by Crippen LogP contribution is 2.22. The van der Waals surface area contributed by atoms with E-state index in [0.29, 0.717) is 5.56 Å². The molecular formula is C15H23N3O2. The lowest BCUT2D eigenvalue weighted by molar-refractivity contribution is 0.0915. The summed E-state index contributed by atoms with van der Waals surface area (Å²) in [7, 11) is 1.73. The van der Waals surface area contributed by atoms with Crippen LogP contribution in [0.1, 0.15) is 43.0 Å². The molecule has 20 heavy (non-hydrogen) atoms. The minimum Gasteiger partial charge on any atom is -0.383 e. The fraction of sp³-hybridized carbons (Fsp3) is 0.600. The Morgan fingerprint density at radius 3 is 3.05 bits per heavy atom. The summed E-state index contributed by atoms with van der Waals surface area (Å²) >= 11 is 0. The molecule has 2 N–H and O–H groups in total. The molecule has 1 aromatic rings. The van der Waals surface area contributed by atoms with Crippen LogP contribution in [-0.2, 0) is 4.74 Å². The summed E-state index contributed by atoms with van der Waals surface area (Å²) in [5.74, 6) is -0.0345. The molecule has 0 radical (unpaired) electrons. The van der Waals surface area contributed by atoms with Crippen LogP contribution in [0.2, 0.25) is 0 Å². The highest BCUT2D eigenvalue weighted by molar-refractivity contribution is 5.99. The average molecular weight is 277 g/mol. The molecular weight excluding hydrogens is 254 g/mol. The Hall–Kier alpha value is -1.62. The van der Waals surface area contributed by atoms with Crippen LogP contribution in [0.4, 0.5) is 5.69 Å². The zero-order valence-electron chi connectivity index (χ0n) is 12.2. The third-order valence-corrected chi connectivity index (χ3v) is 3.68. The second kappa shape index (κ2) is 7.24. The standard InChI is InChI=1S/C15H23N3O2/c1-3-7-17-14-10-16-8-6-13(14)15(19)18-11-4-5-12(9-11)20-2/h6,8,10-12,17H,3-5,7,9H2,1-2H3,(H,18,19). The molecule has 1 fully saturated rings. The first kappa shape index (κ1) is 14.8. The molecule has 1 amide bonds. The number of hydrogen-bond donors (Lipinski definition) is 2. The van der Waals surface area contributed by atoms with Gasteiger partial charge in [0, 0.05) is 25.9 Å². The zero-order chi connectivity index (χ0) is 14.4. The Balaban J connectivity index is 1.98. The summed E-state index contributed by atoms with van der Waals surface area (Å²) in [5, 5.41) is 6.33. The van der Waals surface area contributed by atoms with Crippen molar-refractivity contribution in [3.05, 3.63) is 24.0 Å². The van der Waals surface area contributed by atoms with E-state index >= 15 is 0 Å². The fourth-order valence-electron chi connectivity index (χ4n) is 2.54. The first-order valence-electron chi connectivity index (χ1n) is 7.26. The number of aromatic nitrogens is 1. The van der Waals surface area contributed by atoms with Crippen molar-refractivity contribution >= 4 is 11.6 Å². The largest absolute Gasteiger partial charge is 0.383 e. The summed E-state index contributed by atoms with van der Waals surface area (Å²) in [5.41, 5.74) is 1.46. The lowest BCUT2D eigenvalue weighted by Gasteiger charge is -2.15. The number of carbonyl (C=O) groups excluding carboxylic acids is 1. The SMILES string of the molecule is CCCNc1cnccc1C(=O)NC1CCC(OC)C1. The predicted molar refractivity (Wildman–Crippen MR) is 78.9 cm³/mol. The summed E-state index contributed by atoms with van der Waals surface area (Å²) < 4.78 is 5.33. The van der Waals surface area contributed by atoms with Crippen LogP contribution in [0.25, 0.3) is 0 Å². The Morgan fingerprint density at radius 1 is 1.50 bits per heavy atom. The van der Waals surface area contributed by atoms with E-state index in [0.717, 1.165) is 37.9 Å². The maximum absolute atomic E-state index is 12.4. The number of pyridine rings is 1. The van der Waals surface area contributed by atoms with Crippen molar-refractivity contribution in [2.45, 2.75) is 44.8 Å². The van der Waals surface area contributed by atoms with Gasteiger partial charge in [0.15, 0.2) is 0 Å². The molecule has 0 aromatic carbocycles. The second-order valence-corrected chi connectivity index (χ2v) is 5.19. The molecule has 2 atom stereocenters. The van der Waals surface area contributed by atoms with E-state index in [2.05, 4.69) is 22.5 Å². The van der Waals surface area contributed by atoms with Gasteiger partial charge >= 0.3 is 0 Å². The topological polar surface area (TPSA) is 63.2 Å². The van der Waals surface area contributed by atoms with Crippen molar-refractivity contribution in [3.63, 3.8) is 0 Å². The monoisotopic (exact) mass is 277 g/mol. The molecule has 5 nitrogen and oxygen atoms in total. The molecule has 5 heteroatoms. The quantitative estimate of drug-likeness (QED) is 0.836. The van der Waals surface area contributed by atoms with Crippen molar-refractivity contribution in [1.29, 1.82) is 0 Å². The Bertz CT molecular complexity index is 450. The molecule has 1 aliphatic rings. The van der Waals surface area contributed by atoms with E-state index in [1.54, 1.807) is 25.6 Å². The van der Waals surface area contributed by atoms with Gasteiger partial charge in [0.2, 0.25) is 0 Å². The molecule has 2 rings (SSSR count). The van der Waals surface area contributed by atoms with Crippen molar-refractivity contribution in [2.24, 2.45) is 0 Å². The molecule has 0 saturated heterocycles. The van der Waals surface area contributed by atoms with Crippen LogP contribution in [-0.4, -0.2) is 36.7 Å². The number of nitrogens with zero attached hydrogens (tertiary/aromatic N) is 1. The van der Waals surface area contributed by atoms with E-state index in [-0.39, 0.29) is 18.1 Å². The lowest BCUT2D eigenvalue weighted by Crippen LogP contribution is -2.33. The van der Waals surface area contributed by atoms with Crippen molar-refractivity contribution in [1.82, 2.24) is 10.3 Å². The van der Waals surface area contributed by atoms with Gasteiger partial charge in [0.05, 0.1) is 23.6 Å². The van der Waals surface area contributed by atoms with Gasteiger partial charge in [0.25, 0.3) is 5.91 Å². The number of rotatable bonds is 6. The maximum atomic E-state index is 12.4. The minimum atomic E-state index is -0.0345. The number of nitrogens with one attached hydrogen (secondary N) is 2. The normalized spacial score (nSPS) is 21.7. The summed E-state index contributed by atoms with van der Waals surface area (Å²) in [6.07, 6.45) is 7.52. The molecule has 1 heterocycles. The number of ether oxygens (including phenoxy) is 1. The van der Waals surface area contributed by atoms with E-state index in [1.807, 2.05) is 0 Å². The van der Waals surface area contributed by atoms with E-state index < -0.39 is 0 Å². The Labute approximate surface area is 120 Å². The molecule has 0 spiro atoms. The zero-order valence-corrected chi connectivity index (χ0v) is 12.2. The summed E-state index contributed by atoms with van der Waals surface area (Å²) in [6, 6.07) is 1.97. The van der Waals surface area contributed by atoms with Gasteiger partial charge in [0.1, 0.15) is 0 Å². The highest BCUT2D eigenvalue weighted by atomic mass is 16.5. The average Bonchev–Trinajstić information content (AvgIpc) is 2.93. The third-order valence-electron chi connectivity index (χ3n) is 3.68. The van der Waals surface area contributed by atoms with E-state index in [1.165, 1.54) is 0 Å². The molecule has 0 aliphatic heterocycles. The van der Waals surface area contributed by atoms with Gasteiger partial charge in [-0.05, 0) is 31.7 Å². The van der Waals surface area contributed by atoms with Crippen LogP contribution in [0.15, 0.2) is 18.5 Å². The van der Waals surface area contributed by atoms with Crippen molar-refractivity contribution in [3.8, 4) is 0 Å². The maximum Gasteiger partial charge on any atom is 0.253 e. The molecule has 0 bridgehead atoms. The Kier molecular flexibility index (Phi) is 5.35. The number of anilines is 1. The van der Waals surface area contributed by atoms with E-state index in [9.17, 15) is 4.79 Å². The van der Waals surface area contributed by atoms with Crippen LogP contribution in [0.5, 0.6) is 0 Å². The number of amides is 1. The van der Waals surface area contributed by atoms with Gasteiger partial charge in [-0.3, -0.25) is 9.78 Å². The third kappa shape index (κ3) is 3.70. The first-order valence-corrected chi connectivity index (χ1v) is 7.26. The molecule has 110 valence electrons. The summed E-state index contributed by atoms with van der Waals surface area (Å²) in [6.45, 7) is 2.92. The van der Waals surface area contributed by atoms with Gasteiger partial charge in [-0.15, -0.1) is 0 Å². The predicted octanol–water partition coefficient (Wildman–Crippen LogP) is 2.20. The Morgan fingerprint density at radius 2 is 2.35 bits per heavy atom. The molecule has 1 aliphatic carbocycles. The first-order chi connectivity index (χ1) is 9.74. The van der Waals surface area contributed by atoms with Crippen LogP contribution in [0, 0.1) is 0 Å². The fourth-order valence-corrected chi connectivity index (χ4v) is 2.54. The number of carbonyl (C=O) groups is 1. The minimum absolute atomic E-state index is 0.0345. The lowest BCUT2D eigenvalue weighted by atomic mass is 10.1. The molecule has 2 unspecified atom stereocenters. The van der Waals surface area contributed by atoms with Gasteiger partial charge in [-0.1, -0.05) is 6.92 Å². The van der Waals surface area contributed by atoms with Gasteiger partial charge < -0.3 is 15.4 Å². The molecule has 1 saturated carbocycles. The molecule has 1 aromatic heterocycles. The van der Waals surface area contributed by atoms with Crippen LogP contribution >= 0.6 is 0 Å². The van der Waals surface area contributed by atoms with Gasteiger partial charge in [-0.25, -0.2) is 0 Å². The number of methoxy groups -OCH3 is 1. The van der Waals surface area contributed by atoms with Gasteiger partial charge in [-0.2, -0.15) is 0 Å². The summed E-state index contributed by atoms with van der Waals surface area (Å²) in [4.78, 5) is 16.4. The second-order valence-electron chi connectivity index (χ2n) is 5.19. The smallest absolute Gasteiger partial charge is 0.253 e. The van der Waals surface area contributed by atoms with E-state index in [4.69, 9.17) is 4.74 Å². The highest BCUT2D eigenvalue weighted by Gasteiger charge is 2.26. The number of hydrogen-bond acceptors (Lipinski definition) is 4. The van der Waals surface area contributed by atoms with Crippen molar-refractivity contribution < 1.29 is 9.53 Å². The van der Waals surface area contributed by atoms with Crippen LogP contribution in [0.3, 0.4) is 0 Å². The van der Waals surface area contributed by atoms with Crippen LogP contribution < -0.4 is 10.6 Å². The van der Waals surface area contributed by atoms with Crippen molar-refractivity contribution in [2.75, 3.05) is 19.0 Å².